The van der Waals surface area contributed by atoms with Crippen LogP contribution in [0.4, 0.5) is 0 Å². The Morgan fingerprint density at radius 2 is 2.18 bits per heavy atom. The fourth-order valence-corrected chi connectivity index (χ4v) is 0.460. The predicted octanol–water partition coefficient (Wildman–Crippen LogP) is -0.00470. The van der Waals surface area contributed by atoms with E-state index in [2.05, 4.69) is 0 Å². The van der Waals surface area contributed by atoms with E-state index >= 15 is 0 Å². The van der Waals surface area contributed by atoms with Crippen molar-refractivity contribution >= 4 is 5.97 Å². The predicted molar refractivity (Wildman–Crippen MR) is 40.7 cm³/mol. The molecule has 0 aromatic heterocycles. The van der Waals surface area contributed by atoms with Crippen molar-refractivity contribution in [2.75, 3.05) is 0 Å². The van der Waals surface area contributed by atoms with Crippen molar-refractivity contribution in [1.29, 1.82) is 0 Å². The lowest BCUT2D eigenvalue weighted by molar-refractivity contribution is -0.169. The normalized spacial score (nSPS) is 16.2. The van der Waals surface area contributed by atoms with Gasteiger partial charge in [0.2, 0.25) is 5.72 Å². The molecule has 0 bridgehead atoms. The van der Waals surface area contributed by atoms with E-state index in [-0.39, 0.29) is 12.5 Å². The summed E-state index contributed by atoms with van der Waals surface area (Å²) in [5.41, 5.74) is 3.36. The molecule has 0 aromatic carbocycles. The number of rotatable bonds is 3. The third-order valence-electron chi connectivity index (χ3n) is 1.24. The number of aliphatic hydroxyl groups is 1. The van der Waals surface area contributed by atoms with Crippen molar-refractivity contribution in [3.63, 3.8) is 0 Å². The first-order chi connectivity index (χ1) is 4.90. The Morgan fingerprint density at radius 3 is 2.45 bits per heavy atom. The van der Waals surface area contributed by atoms with Gasteiger partial charge in [0, 0.05) is 0 Å². The van der Waals surface area contributed by atoms with Crippen LogP contribution in [0.3, 0.4) is 0 Å². The van der Waals surface area contributed by atoms with Crippen molar-refractivity contribution in [3.05, 3.63) is 0 Å². The van der Waals surface area contributed by atoms with Gasteiger partial charge >= 0.3 is 5.97 Å². The molecule has 11 heavy (non-hydrogen) atoms. The molecule has 4 nitrogen and oxygen atoms in total. The van der Waals surface area contributed by atoms with E-state index < -0.39 is 11.7 Å². The van der Waals surface area contributed by atoms with Gasteiger partial charge in [-0.25, -0.2) is 4.79 Å². The first-order valence-electron chi connectivity index (χ1n) is 3.62. The van der Waals surface area contributed by atoms with E-state index in [4.69, 9.17) is 15.6 Å². The molecule has 0 rings (SSSR count). The summed E-state index contributed by atoms with van der Waals surface area (Å²) < 4.78 is 4.69. The molecule has 0 saturated heterocycles. The van der Waals surface area contributed by atoms with Crippen molar-refractivity contribution in [2.24, 2.45) is 5.73 Å². The highest BCUT2D eigenvalue weighted by molar-refractivity contribution is 5.78. The molecule has 1 atom stereocenters. The SMILES string of the molecule is CCC(N)(O)C(=O)OC(C)C. The summed E-state index contributed by atoms with van der Waals surface area (Å²) >= 11 is 0. The fraction of sp³-hybridized carbons (Fsp3) is 0.857. The van der Waals surface area contributed by atoms with E-state index in [1.54, 1.807) is 20.8 Å². The van der Waals surface area contributed by atoms with Gasteiger partial charge in [-0.1, -0.05) is 6.92 Å². The number of hydrogen-bond acceptors (Lipinski definition) is 4. The second-order valence-electron chi connectivity index (χ2n) is 2.73. The third kappa shape index (κ3) is 3.34. The number of hydrogen-bond donors (Lipinski definition) is 2. The lowest BCUT2D eigenvalue weighted by atomic mass is 10.2. The molecule has 0 heterocycles. The zero-order valence-electron chi connectivity index (χ0n) is 7.13. The number of nitrogens with two attached hydrogens (primary N) is 1. The molecule has 0 radical (unpaired) electrons. The van der Waals surface area contributed by atoms with Crippen LogP contribution >= 0.6 is 0 Å². The van der Waals surface area contributed by atoms with Crippen LogP contribution in [0, 0.1) is 0 Å². The van der Waals surface area contributed by atoms with Gasteiger partial charge in [-0.3, -0.25) is 5.73 Å². The van der Waals surface area contributed by atoms with Crippen LogP contribution in [0.1, 0.15) is 27.2 Å². The maximum atomic E-state index is 10.9. The Bertz CT molecular complexity index is 143. The van der Waals surface area contributed by atoms with Crippen molar-refractivity contribution in [1.82, 2.24) is 0 Å². The standard InChI is InChI=1S/C7H15NO3/c1-4-7(8,10)6(9)11-5(2)3/h5,10H,4,8H2,1-3H3. The molecule has 0 saturated carbocycles. The Balaban J connectivity index is 4.02. The van der Waals surface area contributed by atoms with Crippen LogP contribution in [-0.4, -0.2) is 22.9 Å². The highest BCUT2D eigenvalue weighted by atomic mass is 16.6. The van der Waals surface area contributed by atoms with Gasteiger partial charge < -0.3 is 9.84 Å². The van der Waals surface area contributed by atoms with Crippen molar-refractivity contribution in [3.8, 4) is 0 Å². The summed E-state index contributed by atoms with van der Waals surface area (Å²) in [6.07, 6.45) is -0.0948. The molecule has 0 aliphatic carbocycles. The minimum Gasteiger partial charge on any atom is -0.460 e. The number of carbonyl (C=O) groups excluding carboxylic acids is 1. The zero-order valence-corrected chi connectivity index (χ0v) is 7.13. The minimum atomic E-state index is -1.83. The third-order valence-corrected chi connectivity index (χ3v) is 1.24. The lowest BCUT2D eigenvalue weighted by Crippen LogP contribution is -2.49. The van der Waals surface area contributed by atoms with Gasteiger partial charge in [0.05, 0.1) is 6.10 Å². The highest BCUT2D eigenvalue weighted by Crippen LogP contribution is 2.05. The molecular formula is C7H15NO3. The summed E-state index contributed by atoms with van der Waals surface area (Å²) in [6, 6.07) is 0. The van der Waals surface area contributed by atoms with Crippen LogP contribution < -0.4 is 5.73 Å². The van der Waals surface area contributed by atoms with E-state index in [9.17, 15) is 4.79 Å². The Hall–Kier alpha value is -0.610. The molecule has 0 aromatic rings. The van der Waals surface area contributed by atoms with Gasteiger partial charge in [-0.15, -0.1) is 0 Å². The maximum Gasteiger partial charge on any atom is 0.353 e. The Labute approximate surface area is 66.3 Å². The van der Waals surface area contributed by atoms with Crippen LogP contribution in [0.25, 0.3) is 0 Å². The molecule has 0 aliphatic rings. The zero-order chi connectivity index (χ0) is 9.07. The summed E-state index contributed by atoms with van der Waals surface area (Å²) in [7, 11) is 0. The van der Waals surface area contributed by atoms with E-state index in [0.717, 1.165) is 0 Å². The molecule has 66 valence electrons. The van der Waals surface area contributed by atoms with E-state index in [1.807, 2.05) is 0 Å². The maximum absolute atomic E-state index is 10.9. The summed E-state index contributed by atoms with van der Waals surface area (Å²) in [5, 5.41) is 9.14. The van der Waals surface area contributed by atoms with Crippen LogP contribution in [0.5, 0.6) is 0 Å². The molecule has 0 aliphatic heterocycles. The summed E-state index contributed by atoms with van der Waals surface area (Å²) in [6.45, 7) is 5.01. The molecule has 0 fully saturated rings. The fourth-order valence-electron chi connectivity index (χ4n) is 0.460. The van der Waals surface area contributed by atoms with Gasteiger partial charge in [0.15, 0.2) is 0 Å². The Kier molecular flexibility index (Phi) is 3.48. The van der Waals surface area contributed by atoms with Gasteiger partial charge in [-0.2, -0.15) is 0 Å². The highest BCUT2D eigenvalue weighted by Gasteiger charge is 2.31. The summed E-state index contributed by atoms with van der Waals surface area (Å²) in [4.78, 5) is 10.9. The summed E-state index contributed by atoms with van der Waals surface area (Å²) in [5.74, 6) is -0.769. The number of esters is 1. The number of ether oxygens (including phenoxy) is 1. The van der Waals surface area contributed by atoms with Crippen molar-refractivity contribution < 1.29 is 14.6 Å². The minimum absolute atomic E-state index is 0.151. The smallest absolute Gasteiger partial charge is 0.353 e. The first-order valence-corrected chi connectivity index (χ1v) is 3.62. The average molecular weight is 161 g/mol. The molecule has 3 N–H and O–H groups in total. The number of carbonyl (C=O) groups is 1. The average Bonchev–Trinajstić information content (AvgIpc) is 1.86. The largest absolute Gasteiger partial charge is 0.460 e. The van der Waals surface area contributed by atoms with Crippen LogP contribution in [0.2, 0.25) is 0 Å². The molecule has 1 unspecified atom stereocenters. The first kappa shape index (κ1) is 10.4. The van der Waals surface area contributed by atoms with Crippen LogP contribution in [0.15, 0.2) is 0 Å². The monoisotopic (exact) mass is 161 g/mol. The second kappa shape index (κ2) is 3.69. The molecule has 4 heteroatoms. The second-order valence-corrected chi connectivity index (χ2v) is 2.73. The lowest BCUT2D eigenvalue weighted by Gasteiger charge is -2.20. The van der Waals surface area contributed by atoms with Gasteiger partial charge in [0.1, 0.15) is 0 Å². The van der Waals surface area contributed by atoms with Gasteiger partial charge in [-0.05, 0) is 20.3 Å². The van der Waals surface area contributed by atoms with Crippen molar-refractivity contribution in [2.45, 2.75) is 39.0 Å². The topological polar surface area (TPSA) is 72.5 Å². The van der Waals surface area contributed by atoms with E-state index in [0.29, 0.717) is 0 Å². The van der Waals surface area contributed by atoms with E-state index in [1.165, 1.54) is 0 Å². The van der Waals surface area contributed by atoms with Gasteiger partial charge in [0.25, 0.3) is 0 Å². The quantitative estimate of drug-likeness (QED) is 0.451. The molecule has 0 spiro atoms. The molecule has 0 amide bonds. The Morgan fingerprint density at radius 1 is 1.73 bits per heavy atom. The van der Waals surface area contributed by atoms with Crippen LogP contribution in [-0.2, 0) is 9.53 Å². The molecular weight excluding hydrogens is 146 g/mol.